The Labute approximate surface area is 171 Å². The number of pyridine rings is 1. The second kappa shape index (κ2) is 7.43. The Morgan fingerprint density at radius 1 is 1.20 bits per heavy atom. The molecule has 9 heteroatoms. The summed E-state index contributed by atoms with van der Waals surface area (Å²) < 4.78 is 10.8. The zero-order valence-electron chi connectivity index (χ0n) is 16.1. The van der Waals surface area contributed by atoms with Gasteiger partial charge in [-0.05, 0) is 36.4 Å². The van der Waals surface area contributed by atoms with Gasteiger partial charge in [-0.25, -0.2) is 4.98 Å². The summed E-state index contributed by atoms with van der Waals surface area (Å²) in [6.45, 7) is 0.373. The molecule has 4 heterocycles. The molecule has 9 nitrogen and oxygen atoms in total. The number of benzene rings is 1. The van der Waals surface area contributed by atoms with E-state index in [0.717, 1.165) is 17.0 Å². The van der Waals surface area contributed by atoms with Crippen molar-refractivity contribution < 1.29 is 14.1 Å². The van der Waals surface area contributed by atoms with E-state index in [1.807, 2.05) is 12.1 Å². The molecular formula is C21H18N6O3. The molecule has 0 radical (unpaired) electrons. The Morgan fingerprint density at radius 2 is 2.00 bits per heavy atom. The number of carbonyl (C=O) groups excluding carboxylic acids is 1. The number of nitrogens with one attached hydrogen (secondary N) is 1. The van der Waals surface area contributed by atoms with Gasteiger partial charge in [0.2, 0.25) is 11.7 Å². The van der Waals surface area contributed by atoms with Crippen molar-refractivity contribution in [2.75, 3.05) is 7.11 Å². The summed E-state index contributed by atoms with van der Waals surface area (Å²) >= 11 is 0. The number of aromatic nitrogens is 5. The van der Waals surface area contributed by atoms with Crippen LogP contribution in [0.25, 0.3) is 11.4 Å². The maximum atomic E-state index is 13.3. The van der Waals surface area contributed by atoms with Crippen molar-refractivity contribution in [1.29, 1.82) is 0 Å². The number of fused-ring (bicyclic) bond motifs is 1. The third kappa shape index (κ3) is 3.20. The summed E-state index contributed by atoms with van der Waals surface area (Å²) in [7, 11) is 1.59. The molecule has 0 saturated heterocycles. The zero-order chi connectivity index (χ0) is 20.5. The molecule has 0 bridgehead atoms. The second-order valence-electron chi connectivity index (χ2n) is 6.90. The van der Waals surface area contributed by atoms with Crippen molar-refractivity contribution in [2.24, 2.45) is 0 Å². The van der Waals surface area contributed by atoms with E-state index in [4.69, 9.17) is 9.26 Å². The van der Waals surface area contributed by atoms with Gasteiger partial charge >= 0.3 is 0 Å². The second-order valence-corrected chi connectivity index (χ2v) is 6.90. The van der Waals surface area contributed by atoms with Crippen LogP contribution in [0.4, 0.5) is 0 Å². The zero-order valence-corrected chi connectivity index (χ0v) is 16.1. The number of amides is 1. The van der Waals surface area contributed by atoms with Crippen LogP contribution in [-0.4, -0.2) is 43.0 Å². The molecule has 30 heavy (non-hydrogen) atoms. The van der Waals surface area contributed by atoms with Gasteiger partial charge in [-0.3, -0.25) is 9.78 Å². The van der Waals surface area contributed by atoms with Gasteiger partial charge < -0.3 is 19.1 Å². The highest BCUT2D eigenvalue weighted by Crippen LogP contribution is 2.33. The molecule has 5 rings (SSSR count). The average Bonchev–Trinajstić information content (AvgIpc) is 3.48. The van der Waals surface area contributed by atoms with Crippen LogP contribution in [0.1, 0.15) is 33.7 Å². The summed E-state index contributed by atoms with van der Waals surface area (Å²) in [5.74, 6) is 1.39. The van der Waals surface area contributed by atoms with E-state index in [9.17, 15) is 4.79 Å². The number of nitrogens with zero attached hydrogens (tertiary/aromatic N) is 5. The molecule has 4 aromatic rings. The number of aromatic amines is 1. The van der Waals surface area contributed by atoms with E-state index in [0.29, 0.717) is 36.0 Å². The Kier molecular flexibility index (Phi) is 4.47. The van der Waals surface area contributed by atoms with Crippen molar-refractivity contribution in [3.05, 3.63) is 78.0 Å². The van der Waals surface area contributed by atoms with Gasteiger partial charge in [0.05, 0.1) is 31.4 Å². The summed E-state index contributed by atoms with van der Waals surface area (Å²) in [6.07, 6.45) is 5.46. The normalized spacial score (nSPS) is 15.6. The lowest BCUT2D eigenvalue weighted by Gasteiger charge is -2.32. The van der Waals surface area contributed by atoms with Gasteiger partial charge in [0.25, 0.3) is 5.91 Å². The first-order valence-corrected chi connectivity index (χ1v) is 9.43. The molecule has 1 aromatic carbocycles. The van der Waals surface area contributed by atoms with Gasteiger partial charge in [0.1, 0.15) is 11.8 Å². The van der Waals surface area contributed by atoms with Crippen molar-refractivity contribution >= 4 is 5.91 Å². The molecular weight excluding hydrogens is 384 g/mol. The number of hydrogen-bond donors (Lipinski definition) is 1. The van der Waals surface area contributed by atoms with Crippen LogP contribution in [-0.2, 0) is 13.0 Å². The average molecular weight is 402 g/mol. The fourth-order valence-electron chi connectivity index (χ4n) is 3.56. The lowest BCUT2D eigenvalue weighted by molar-refractivity contribution is 0.0589. The Morgan fingerprint density at radius 3 is 2.77 bits per heavy atom. The molecule has 1 aliphatic rings. The summed E-state index contributed by atoms with van der Waals surface area (Å²) in [4.78, 5) is 31.1. The van der Waals surface area contributed by atoms with Gasteiger partial charge in [0.15, 0.2) is 0 Å². The number of rotatable bonds is 4. The maximum absolute atomic E-state index is 13.3. The fraction of sp³-hybridized carbons (Fsp3) is 0.190. The highest BCUT2D eigenvalue weighted by Gasteiger charge is 2.36. The standard InChI is InChI=1S/C21H18N6O3/c1-29-15-4-2-14(3-5-15)21(28)27-11-17-16(23-12-24-17)10-18(27)20-25-19(26-30-20)13-6-8-22-9-7-13/h2-9,12,18H,10-11H2,1H3,(H,23,24)/t18-/m0/s1. The smallest absolute Gasteiger partial charge is 0.254 e. The molecule has 0 unspecified atom stereocenters. The van der Waals surface area contributed by atoms with Gasteiger partial charge in [0, 0.05) is 29.9 Å². The lowest BCUT2D eigenvalue weighted by atomic mass is 10.0. The fourth-order valence-corrected chi connectivity index (χ4v) is 3.56. The highest BCUT2D eigenvalue weighted by molar-refractivity contribution is 5.94. The first-order valence-electron chi connectivity index (χ1n) is 9.43. The summed E-state index contributed by atoms with van der Waals surface area (Å²) in [5, 5.41) is 4.10. The molecule has 0 fully saturated rings. The Balaban J connectivity index is 1.50. The van der Waals surface area contributed by atoms with Crippen LogP contribution < -0.4 is 4.74 Å². The van der Waals surface area contributed by atoms with Crippen LogP contribution >= 0.6 is 0 Å². The number of ether oxygens (including phenoxy) is 1. The molecule has 150 valence electrons. The van der Waals surface area contributed by atoms with Gasteiger partial charge in [-0.15, -0.1) is 0 Å². The molecule has 3 aromatic heterocycles. The van der Waals surface area contributed by atoms with Crippen LogP contribution in [0.3, 0.4) is 0 Å². The van der Waals surface area contributed by atoms with E-state index >= 15 is 0 Å². The van der Waals surface area contributed by atoms with Crippen LogP contribution in [0.2, 0.25) is 0 Å². The largest absolute Gasteiger partial charge is 0.497 e. The minimum absolute atomic E-state index is 0.133. The van der Waals surface area contributed by atoms with Gasteiger partial charge in [-0.1, -0.05) is 5.16 Å². The Bertz CT molecular complexity index is 1170. The van der Waals surface area contributed by atoms with Crippen molar-refractivity contribution in [3.8, 4) is 17.1 Å². The molecule has 0 spiro atoms. The quantitative estimate of drug-likeness (QED) is 0.559. The minimum atomic E-state index is -0.418. The highest BCUT2D eigenvalue weighted by atomic mass is 16.5. The molecule has 0 aliphatic carbocycles. The number of carbonyl (C=O) groups is 1. The van der Waals surface area contributed by atoms with E-state index in [-0.39, 0.29) is 5.91 Å². The van der Waals surface area contributed by atoms with E-state index in [1.165, 1.54) is 0 Å². The molecule has 1 amide bonds. The molecule has 0 saturated carbocycles. The van der Waals surface area contributed by atoms with Crippen LogP contribution in [0, 0.1) is 0 Å². The number of methoxy groups -OCH3 is 1. The third-order valence-electron chi connectivity index (χ3n) is 5.16. The number of imidazole rings is 1. The SMILES string of the molecule is COc1ccc(C(=O)N2Cc3[nH]cnc3C[C@H]2c2nc(-c3ccncc3)no2)cc1. The van der Waals surface area contributed by atoms with Crippen molar-refractivity contribution in [3.63, 3.8) is 0 Å². The van der Waals surface area contributed by atoms with E-state index < -0.39 is 6.04 Å². The van der Waals surface area contributed by atoms with Crippen LogP contribution in [0.5, 0.6) is 5.75 Å². The lowest BCUT2D eigenvalue weighted by Crippen LogP contribution is -2.39. The van der Waals surface area contributed by atoms with Crippen molar-refractivity contribution in [2.45, 2.75) is 19.0 Å². The number of hydrogen-bond acceptors (Lipinski definition) is 7. The van der Waals surface area contributed by atoms with Crippen molar-refractivity contribution in [1.82, 2.24) is 30.0 Å². The predicted octanol–water partition coefficient (Wildman–Crippen LogP) is 2.80. The van der Waals surface area contributed by atoms with Gasteiger partial charge in [-0.2, -0.15) is 4.98 Å². The minimum Gasteiger partial charge on any atom is -0.497 e. The summed E-state index contributed by atoms with van der Waals surface area (Å²) in [6, 6.07) is 10.2. The van der Waals surface area contributed by atoms with E-state index in [1.54, 1.807) is 55.0 Å². The maximum Gasteiger partial charge on any atom is 0.254 e. The predicted molar refractivity (Wildman–Crippen MR) is 105 cm³/mol. The Hall–Kier alpha value is -4.01. The molecule has 1 N–H and O–H groups in total. The summed E-state index contributed by atoms with van der Waals surface area (Å²) in [5.41, 5.74) is 3.14. The monoisotopic (exact) mass is 402 g/mol. The molecule has 1 atom stereocenters. The topological polar surface area (TPSA) is 110 Å². The third-order valence-corrected chi connectivity index (χ3v) is 5.16. The first kappa shape index (κ1) is 18.0. The van der Waals surface area contributed by atoms with E-state index in [2.05, 4.69) is 25.1 Å². The molecule has 1 aliphatic heterocycles. The number of H-pyrrole nitrogens is 1. The van der Waals surface area contributed by atoms with Crippen LogP contribution in [0.15, 0.2) is 59.6 Å². The first-order chi connectivity index (χ1) is 14.7.